The molecule has 32 heavy (non-hydrogen) atoms. The molecule has 0 radical (unpaired) electrons. The number of aromatic nitrogens is 2. The molecule has 0 spiro atoms. The molecular weight excluding hydrogens is 541 g/mol. The third kappa shape index (κ3) is 7.36. The fourth-order valence-electron chi connectivity index (χ4n) is 4.47. The van der Waals surface area contributed by atoms with Gasteiger partial charge in [0, 0.05) is 31.6 Å². The highest BCUT2D eigenvalue weighted by molar-refractivity contribution is 6.99. The van der Waals surface area contributed by atoms with Crippen molar-refractivity contribution in [3.63, 3.8) is 0 Å². The van der Waals surface area contributed by atoms with Gasteiger partial charge in [0.1, 0.15) is 12.2 Å². The molecule has 3 rings (SSSR count). The van der Waals surface area contributed by atoms with Gasteiger partial charge in [0.05, 0.1) is 37.8 Å². The summed E-state index contributed by atoms with van der Waals surface area (Å²) in [5.41, 5.74) is 2.00. The molecular formula is C23H38IN3O4S. The number of hydrogen-bond acceptors (Lipinski definition) is 7. The van der Waals surface area contributed by atoms with Gasteiger partial charge < -0.3 is 38.2 Å². The van der Waals surface area contributed by atoms with Crippen molar-refractivity contribution in [3.05, 3.63) is 11.8 Å². The van der Waals surface area contributed by atoms with Gasteiger partial charge in [-0.1, -0.05) is 39.2 Å². The Bertz CT molecular complexity index is 739. The molecule has 2 aliphatic rings. The van der Waals surface area contributed by atoms with E-state index in [0.717, 1.165) is 56.5 Å². The summed E-state index contributed by atoms with van der Waals surface area (Å²) in [7, 11) is 2.18. The van der Waals surface area contributed by atoms with Gasteiger partial charge in [-0.05, 0) is 19.3 Å². The first-order valence-electron chi connectivity index (χ1n) is 11.8. The van der Waals surface area contributed by atoms with Crippen molar-refractivity contribution in [2.75, 3.05) is 40.0 Å². The van der Waals surface area contributed by atoms with Gasteiger partial charge >= 0.3 is 5.97 Å². The molecule has 182 valence electrons. The second kappa shape index (κ2) is 13.8. The standard InChI is InChI=1S/C23H38N3O4S.HI/c1-4-6-7-8-14-29-22-21(24-31-25-22)19-10-9-13-26(3,17-19)20(5-2)30-23(27)18-11-15-28-16-12-18;/h10,18,20H,4-9,11-17H2,1-3H3;1H/q+1;/p-1. The molecule has 3 heterocycles. The molecule has 0 aromatic carbocycles. The third-order valence-electron chi connectivity index (χ3n) is 6.41. The lowest BCUT2D eigenvalue weighted by Crippen LogP contribution is -3.00. The fourth-order valence-corrected chi connectivity index (χ4v) is 5.00. The van der Waals surface area contributed by atoms with E-state index in [1.165, 1.54) is 31.0 Å². The van der Waals surface area contributed by atoms with Gasteiger partial charge in [-0.3, -0.25) is 9.28 Å². The quantitative estimate of drug-likeness (QED) is 0.171. The largest absolute Gasteiger partial charge is 1.00 e. The summed E-state index contributed by atoms with van der Waals surface area (Å²) in [5.74, 6) is 0.537. The first kappa shape index (κ1) is 27.5. The number of nitrogens with zero attached hydrogens (tertiary/aromatic N) is 3. The van der Waals surface area contributed by atoms with Crippen LogP contribution in [-0.2, 0) is 14.3 Å². The van der Waals surface area contributed by atoms with Crippen molar-refractivity contribution in [1.29, 1.82) is 0 Å². The van der Waals surface area contributed by atoms with Crippen LogP contribution in [0.1, 0.15) is 70.9 Å². The number of rotatable bonds is 11. The number of carbonyl (C=O) groups is 1. The molecule has 0 N–H and O–H groups in total. The average Bonchev–Trinajstić information content (AvgIpc) is 3.26. The zero-order valence-electron chi connectivity index (χ0n) is 19.7. The van der Waals surface area contributed by atoms with Gasteiger partial charge in [0.15, 0.2) is 0 Å². The van der Waals surface area contributed by atoms with Crippen LogP contribution >= 0.6 is 11.7 Å². The van der Waals surface area contributed by atoms with Crippen molar-refractivity contribution in [3.8, 4) is 5.88 Å². The number of likely N-dealkylation sites (N-methyl/N-ethyl adjacent to an activating group) is 1. The molecule has 0 bridgehead atoms. The Morgan fingerprint density at radius 3 is 2.75 bits per heavy atom. The van der Waals surface area contributed by atoms with Gasteiger partial charge in [-0.15, -0.1) is 4.37 Å². The third-order valence-corrected chi connectivity index (χ3v) is 6.92. The van der Waals surface area contributed by atoms with E-state index in [1.54, 1.807) is 0 Å². The maximum absolute atomic E-state index is 12.8. The Morgan fingerprint density at radius 1 is 1.25 bits per heavy atom. The van der Waals surface area contributed by atoms with E-state index in [1.807, 2.05) is 0 Å². The summed E-state index contributed by atoms with van der Waals surface area (Å²) in [4.78, 5) is 12.8. The SMILES string of the molecule is CCCCCCOc1nsnc1C1=CCC[N+](C)(C(CC)OC(=O)C2CCOCC2)C1.[I-]. The maximum Gasteiger partial charge on any atom is 0.313 e. The Labute approximate surface area is 213 Å². The van der Waals surface area contributed by atoms with Crippen LogP contribution in [0.25, 0.3) is 5.57 Å². The van der Waals surface area contributed by atoms with E-state index in [0.29, 0.717) is 30.2 Å². The monoisotopic (exact) mass is 579 g/mol. The summed E-state index contributed by atoms with van der Waals surface area (Å²) in [5, 5.41) is 0. The summed E-state index contributed by atoms with van der Waals surface area (Å²) >= 11 is 1.20. The second-order valence-corrected chi connectivity index (χ2v) is 9.42. The minimum atomic E-state index is -0.163. The Kier molecular flexibility index (Phi) is 11.9. The number of halogens is 1. The number of hydrogen-bond donors (Lipinski definition) is 0. The molecule has 2 atom stereocenters. The van der Waals surface area contributed by atoms with E-state index >= 15 is 0 Å². The zero-order valence-corrected chi connectivity index (χ0v) is 22.7. The van der Waals surface area contributed by atoms with Crippen LogP contribution in [0.5, 0.6) is 5.88 Å². The highest BCUT2D eigenvalue weighted by Gasteiger charge is 2.39. The topological polar surface area (TPSA) is 70.5 Å². The molecule has 2 unspecified atom stereocenters. The van der Waals surface area contributed by atoms with Crippen molar-refractivity contribution in [1.82, 2.24) is 8.75 Å². The van der Waals surface area contributed by atoms with Crippen LogP contribution in [0.3, 0.4) is 0 Å². The van der Waals surface area contributed by atoms with Crippen molar-refractivity contribution >= 4 is 23.3 Å². The maximum atomic E-state index is 12.8. The van der Waals surface area contributed by atoms with Crippen molar-refractivity contribution in [2.45, 2.75) is 71.4 Å². The number of unbranched alkanes of at least 4 members (excludes halogenated alkanes) is 3. The molecule has 0 amide bonds. The summed E-state index contributed by atoms with van der Waals surface area (Å²) < 4.78 is 27.0. The average molecular weight is 580 g/mol. The predicted molar refractivity (Wildman–Crippen MR) is 122 cm³/mol. The minimum absolute atomic E-state index is 0. The molecule has 7 nitrogen and oxygen atoms in total. The molecule has 1 saturated heterocycles. The Morgan fingerprint density at radius 2 is 2.03 bits per heavy atom. The number of esters is 1. The van der Waals surface area contributed by atoms with Crippen molar-refractivity contribution < 1.29 is 47.5 Å². The normalized spacial score (nSPS) is 22.5. The van der Waals surface area contributed by atoms with E-state index in [2.05, 4.69) is 35.7 Å². The van der Waals surface area contributed by atoms with Gasteiger partial charge in [0.2, 0.25) is 6.23 Å². The highest BCUT2D eigenvalue weighted by atomic mass is 127. The van der Waals surface area contributed by atoms with Crippen LogP contribution in [-0.4, -0.2) is 65.4 Å². The smallest absolute Gasteiger partial charge is 0.313 e. The molecule has 0 aliphatic carbocycles. The number of ether oxygens (including phenoxy) is 3. The van der Waals surface area contributed by atoms with Crippen molar-refractivity contribution in [2.24, 2.45) is 5.92 Å². The lowest BCUT2D eigenvalue weighted by atomic mass is 10.0. The zero-order chi connectivity index (χ0) is 22.1. The second-order valence-electron chi connectivity index (χ2n) is 8.89. The van der Waals surface area contributed by atoms with Crippen LogP contribution < -0.4 is 28.7 Å². The number of carbonyl (C=O) groups excluding carboxylic acids is 1. The minimum Gasteiger partial charge on any atom is -1.00 e. The van der Waals surface area contributed by atoms with E-state index in [4.69, 9.17) is 14.2 Å². The van der Waals surface area contributed by atoms with E-state index in [9.17, 15) is 4.79 Å². The molecule has 9 heteroatoms. The van der Waals surface area contributed by atoms with E-state index < -0.39 is 0 Å². The molecule has 1 aromatic rings. The first-order valence-corrected chi connectivity index (χ1v) is 12.6. The lowest BCUT2D eigenvalue weighted by Gasteiger charge is -2.42. The van der Waals surface area contributed by atoms with Crippen LogP contribution in [0.15, 0.2) is 6.08 Å². The summed E-state index contributed by atoms with van der Waals surface area (Å²) in [6.07, 6.45) is 9.97. The van der Waals surface area contributed by atoms with Crippen LogP contribution in [0.2, 0.25) is 0 Å². The van der Waals surface area contributed by atoms with E-state index in [-0.39, 0.29) is 42.1 Å². The predicted octanol–water partition coefficient (Wildman–Crippen LogP) is 1.44. The number of quaternary nitrogens is 1. The Balaban J connectivity index is 0.00000363. The molecule has 2 aliphatic heterocycles. The molecule has 0 saturated carbocycles. The van der Waals surface area contributed by atoms with Gasteiger partial charge in [-0.25, -0.2) is 0 Å². The summed E-state index contributed by atoms with van der Waals surface area (Å²) in [6, 6.07) is 0. The Hall–Kier alpha value is -0.780. The molecule has 1 fully saturated rings. The summed E-state index contributed by atoms with van der Waals surface area (Å²) in [6.45, 7) is 7.97. The van der Waals surface area contributed by atoms with Gasteiger partial charge in [0.25, 0.3) is 5.88 Å². The molecule has 1 aromatic heterocycles. The first-order chi connectivity index (χ1) is 15.1. The van der Waals surface area contributed by atoms with Crippen LogP contribution in [0.4, 0.5) is 0 Å². The fraction of sp³-hybridized carbons (Fsp3) is 0.783. The van der Waals surface area contributed by atoms with Crippen LogP contribution in [0, 0.1) is 5.92 Å². The van der Waals surface area contributed by atoms with Gasteiger partial charge in [-0.2, -0.15) is 4.37 Å². The lowest BCUT2D eigenvalue weighted by molar-refractivity contribution is -0.947. The highest BCUT2D eigenvalue weighted by Crippen LogP contribution is 2.33.